The molecule has 4 saturated carbocycles. The summed E-state index contributed by atoms with van der Waals surface area (Å²) in [6.07, 6.45) is 13.4. The number of ether oxygens (including phenoxy) is 1. The number of rotatable bonds is 2. The van der Waals surface area contributed by atoms with Crippen molar-refractivity contribution < 1.29 is 14.6 Å². The first-order valence-corrected chi connectivity index (χ1v) is 13.3. The quantitative estimate of drug-likeness (QED) is 0.639. The van der Waals surface area contributed by atoms with Gasteiger partial charge in [0, 0.05) is 36.7 Å². The van der Waals surface area contributed by atoms with E-state index in [9.17, 15) is 9.90 Å². The van der Waals surface area contributed by atoms with Gasteiger partial charge in [-0.3, -0.25) is 4.90 Å². The summed E-state index contributed by atoms with van der Waals surface area (Å²) >= 11 is 0. The van der Waals surface area contributed by atoms with Gasteiger partial charge in [0.2, 0.25) is 0 Å². The fourth-order valence-electron chi connectivity index (χ4n) is 9.87. The molecule has 178 valence electrons. The lowest BCUT2D eigenvalue weighted by atomic mass is 9.43. The third-order valence-corrected chi connectivity index (χ3v) is 11.7. The third kappa shape index (κ3) is 2.89. The molecule has 0 spiro atoms. The Morgan fingerprint density at radius 3 is 2.62 bits per heavy atom. The monoisotopic (exact) mass is 442 g/mol. The molecule has 5 fully saturated rings. The van der Waals surface area contributed by atoms with Gasteiger partial charge in [-0.2, -0.15) is 0 Å². The normalized spacial score (nSPS) is 53.4. The largest absolute Gasteiger partial charge is 0.458 e. The number of nitrogens with two attached hydrogens (primary N) is 1. The Morgan fingerprint density at radius 1 is 1.06 bits per heavy atom. The van der Waals surface area contributed by atoms with E-state index < -0.39 is 5.60 Å². The van der Waals surface area contributed by atoms with E-state index in [4.69, 9.17) is 10.5 Å². The second kappa shape index (κ2) is 7.29. The van der Waals surface area contributed by atoms with Crippen LogP contribution < -0.4 is 5.73 Å². The molecule has 6 rings (SSSR count). The lowest BCUT2D eigenvalue weighted by Gasteiger charge is -2.64. The van der Waals surface area contributed by atoms with Gasteiger partial charge in [-0.25, -0.2) is 4.79 Å². The summed E-state index contributed by atoms with van der Waals surface area (Å²) in [5.41, 5.74) is 6.99. The van der Waals surface area contributed by atoms with Crippen molar-refractivity contribution >= 4 is 5.97 Å². The van der Waals surface area contributed by atoms with E-state index in [1.807, 2.05) is 0 Å². The van der Waals surface area contributed by atoms with E-state index in [0.717, 1.165) is 49.8 Å². The van der Waals surface area contributed by atoms with Crippen LogP contribution in [0.25, 0.3) is 0 Å². The van der Waals surface area contributed by atoms with Crippen molar-refractivity contribution in [2.24, 2.45) is 40.2 Å². The van der Waals surface area contributed by atoms with Crippen LogP contribution >= 0.6 is 0 Å². The minimum absolute atomic E-state index is 0.125. The summed E-state index contributed by atoms with van der Waals surface area (Å²) in [6, 6.07) is 1.09. The van der Waals surface area contributed by atoms with E-state index in [0.29, 0.717) is 35.8 Å². The summed E-state index contributed by atoms with van der Waals surface area (Å²) in [5, 5.41) is 12.3. The summed E-state index contributed by atoms with van der Waals surface area (Å²) in [7, 11) is 0. The number of carbonyl (C=O) groups excluding carboxylic acids is 1. The molecular weight excluding hydrogens is 400 g/mol. The lowest BCUT2D eigenvalue weighted by Crippen LogP contribution is -2.62. The number of cyclic esters (lactones) is 1. The molecule has 9 atom stereocenters. The fourth-order valence-corrected chi connectivity index (χ4v) is 9.87. The van der Waals surface area contributed by atoms with Gasteiger partial charge in [0.05, 0.1) is 5.60 Å². The highest BCUT2D eigenvalue weighted by Gasteiger charge is 2.67. The van der Waals surface area contributed by atoms with Gasteiger partial charge >= 0.3 is 5.97 Å². The Labute approximate surface area is 193 Å². The number of carbonyl (C=O) groups is 1. The minimum atomic E-state index is -0.598. The van der Waals surface area contributed by atoms with E-state index in [-0.39, 0.29) is 11.4 Å². The highest BCUT2D eigenvalue weighted by atomic mass is 16.5. The molecule has 32 heavy (non-hydrogen) atoms. The molecular formula is C27H42N2O3. The number of likely N-dealkylation sites (tertiary alicyclic amines) is 1. The Bertz CT molecular complexity index is 828. The van der Waals surface area contributed by atoms with Crippen LogP contribution in [0.2, 0.25) is 0 Å². The SMILES string of the molecule is C[C@]12CC[C@H](N3CCC(N)C3)C[C@H]1CC[C@@H]1[C@@H]2CC[C@]2(C)[C@@H](C3=CC(=O)OC3)CC[C@]12O. The maximum Gasteiger partial charge on any atom is 0.331 e. The molecule has 5 heteroatoms. The van der Waals surface area contributed by atoms with Gasteiger partial charge in [-0.05, 0) is 98.9 Å². The smallest absolute Gasteiger partial charge is 0.331 e. The number of hydrogen-bond donors (Lipinski definition) is 2. The van der Waals surface area contributed by atoms with E-state index in [1.165, 1.54) is 45.1 Å². The van der Waals surface area contributed by atoms with Crippen molar-refractivity contribution in [1.82, 2.24) is 4.90 Å². The maximum atomic E-state index is 12.3. The average molecular weight is 443 g/mol. The Balaban J connectivity index is 1.23. The van der Waals surface area contributed by atoms with Crippen molar-refractivity contribution in [3.63, 3.8) is 0 Å². The zero-order valence-corrected chi connectivity index (χ0v) is 20.0. The van der Waals surface area contributed by atoms with Crippen molar-refractivity contribution in [3.05, 3.63) is 11.6 Å². The molecule has 1 unspecified atom stereocenters. The first kappa shape index (κ1) is 21.6. The van der Waals surface area contributed by atoms with Gasteiger partial charge in [-0.15, -0.1) is 0 Å². The molecule has 0 aromatic carbocycles. The molecule has 0 aromatic heterocycles. The van der Waals surface area contributed by atoms with Gasteiger partial charge < -0.3 is 15.6 Å². The van der Waals surface area contributed by atoms with Gasteiger partial charge in [-0.1, -0.05) is 13.8 Å². The molecule has 0 radical (unpaired) electrons. The Hall–Kier alpha value is -0.910. The van der Waals surface area contributed by atoms with Crippen LogP contribution in [0.4, 0.5) is 0 Å². The van der Waals surface area contributed by atoms with Crippen LogP contribution in [0.5, 0.6) is 0 Å². The van der Waals surface area contributed by atoms with Crippen molar-refractivity contribution in [1.29, 1.82) is 0 Å². The number of esters is 1. The molecule has 4 aliphatic carbocycles. The van der Waals surface area contributed by atoms with Crippen molar-refractivity contribution in [2.75, 3.05) is 19.7 Å². The topological polar surface area (TPSA) is 75.8 Å². The second-order valence-electron chi connectivity index (χ2n) is 12.8. The van der Waals surface area contributed by atoms with Gasteiger partial charge in [0.15, 0.2) is 0 Å². The predicted octanol–water partition coefficient (Wildman–Crippen LogP) is 3.65. The first-order chi connectivity index (χ1) is 15.2. The minimum Gasteiger partial charge on any atom is -0.458 e. The second-order valence-corrected chi connectivity index (χ2v) is 12.8. The molecule has 2 heterocycles. The lowest BCUT2D eigenvalue weighted by molar-refractivity contribution is -0.206. The van der Waals surface area contributed by atoms with Crippen molar-refractivity contribution in [2.45, 2.75) is 95.7 Å². The van der Waals surface area contributed by atoms with Crippen molar-refractivity contribution in [3.8, 4) is 0 Å². The fraction of sp³-hybridized carbons (Fsp3) is 0.889. The highest BCUT2D eigenvalue weighted by Crippen LogP contribution is 2.70. The predicted molar refractivity (Wildman–Crippen MR) is 124 cm³/mol. The van der Waals surface area contributed by atoms with Gasteiger partial charge in [0.25, 0.3) is 0 Å². The molecule has 0 aromatic rings. The molecule has 5 nitrogen and oxygen atoms in total. The number of nitrogens with zero attached hydrogens (tertiary/aromatic N) is 1. The van der Waals surface area contributed by atoms with Crippen LogP contribution in [0.3, 0.4) is 0 Å². The highest BCUT2D eigenvalue weighted by molar-refractivity contribution is 5.85. The number of hydrogen-bond acceptors (Lipinski definition) is 5. The summed E-state index contributed by atoms with van der Waals surface area (Å²) < 4.78 is 5.26. The van der Waals surface area contributed by atoms with E-state index >= 15 is 0 Å². The number of aliphatic hydroxyl groups is 1. The average Bonchev–Trinajstić information content (AvgIpc) is 3.45. The molecule has 1 saturated heterocycles. The molecule has 0 amide bonds. The summed E-state index contributed by atoms with van der Waals surface area (Å²) in [5.74, 6) is 1.92. The van der Waals surface area contributed by atoms with E-state index in [1.54, 1.807) is 6.08 Å². The third-order valence-electron chi connectivity index (χ3n) is 11.7. The van der Waals surface area contributed by atoms with Crippen LogP contribution in [0.1, 0.15) is 78.1 Å². The van der Waals surface area contributed by atoms with Crippen LogP contribution in [0, 0.1) is 34.5 Å². The zero-order valence-electron chi connectivity index (χ0n) is 20.0. The summed E-state index contributed by atoms with van der Waals surface area (Å²) in [6.45, 7) is 7.60. The van der Waals surface area contributed by atoms with Crippen LogP contribution in [-0.4, -0.2) is 53.4 Å². The molecule has 2 aliphatic heterocycles. The molecule has 0 bridgehead atoms. The Morgan fingerprint density at radius 2 is 1.91 bits per heavy atom. The Kier molecular flexibility index (Phi) is 4.93. The standard InChI is InChI=1S/C27H42N2O3/c1-25-9-5-20(29-12-8-19(28)15-29)14-18(25)3-4-23-22(25)6-10-26(2)21(7-11-27(23,26)31)17-13-24(30)32-16-17/h13,18-23,31H,3-12,14-16,28H2,1-2H3/t18-,19?,20+,21-,22+,23-,25+,26-,27+/m1/s1. The van der Waals surface area contributed by atoms with Crippen LogP contribution in [-0.2, 0) is 9.53 Å². The maximum absolute atomic E-state index is 12.3. The molecule has 6 aliphatic rings. The van der Waals surface area contributed by atoms with E-state index in [2.05, 4.69) is 18.7 Å². The zero-order chi connectivity index (χ0) is 22.3. The summed E-state index contributed by atoms with van der Waals surface area (Å²) in [4.78, 5) is 14.4. The first-order valence-electron chi connectivity index (χ1n) is 13.3. The molecule has 3 N–H and O–H groups in total. The van der Waals surface area contributed by atoms with Gasteiger partial charge in [0.1, 0.15) is 6.61 Å². The number of fused-ring (bicyclic) bond motifs is 5. The van der Waals surface area contributed by atoms with Crippen LogP contribution in [0.15, 0.2) is 11.6 Å².